The van der Waals surface area contributed by atoms with Gasteiger partial charge in [-0.2, -0.15) is 0 Å². The number of hydrogen-bond acceptors (Lipinski definition) is 3. The maximum Gasteiger partial charge on any atom is 0.311 e. The standard InChI is InChI=1S/C15H14O3/c16-11-4-3-10-15(17)18-14-9-5-7-12-6-1-2-8-13(12)14/h1-2,5-9,11H,3-4,10H2. The Labute approximate surface area is 105 Å². The van der Waals surface area contributed by atoms with Gasteiger partial charge < -0.3 is 9.53 Å². The Balaban J connectivity index is 2.11. The fraction of sp³-hybridized carbons (Fsp3) is 0.200. The van der Waals surface area contributed by atoms with Gasteiger partial charge in [0.05, 0.1) is 0 Å². The van der Waals surface area contributed by atoms with Gasteiger partial charge in [-0.15, -0.1) is 0 Å². The van der Waals surface area contributed by atoms with Gasteiger partial charge in [-0.05, 0) is 17.9 Å². The summed E-state index contributed by atoms with van der Waals surface area (Å²) >= 11 is 0. The molecule has 0 bridgehead atoms. The van der Waals surface area contributed by atoms with Gasteiger partial charge in [-0.1, -0.05) is 36.4 Å². The second-order valence-electron chi connectivity index (χ2n) is 4.01. The number of hydrogen-bond donors (Lipinski definition) is 0. The molecule has 2 aromatic rings. The van der Waals surface area contributed by atoms with Crippen molar-refractivity contribution < 1.29 is 14.3 Å². The van der Waals surface area contributed by atoms with Crippen LogP contribution in [0, 0.1) is 0 Å². The summed E-state index contributed by atoms with van der Waals surface area (Å²) in [6, 6.07) is 13.3. The molecule has 3 heteroatoms. The molecule has 0 radical (unpaired) electrons. The minimum absolute atomic E-state index is 0.266. The normalized spacial score (nSPS) is 10.2. The molecule has 92 valence electrons. The maximum atomic E-state index is 11.6. The fourth-order valence-corrected chi connectivity index (χ4v) is 1.79. The zero-order valence-corrected chi connectivity index (χ0v) is 9.96. The molecule has 18 heavy (non-hydrogen) atoms. The number of carbonyl (C=O) groups excluding carboxylic acids is 2. The SMILES string of the molecule is O=CCCCC(=O)Oc1cccc2ccccc12. The van der Waals surface area contributed by atoms with Gasteiger partial charge >= 0.3 is 5.97 Å². The number of fused-ring (bicyclic) bond motifs is 1. The van der Waals surface area contributed by atoms with Crippen LogP contribution >= 0.6 is 0 Å². The topological polar surface area (TPSA) is 43.4 Å². The van der Waals surface area contributed by atoms with Crippen LogP contribution in [-0.2, 0) is 9.59 Å². The number of esters is 1. The summed E-state index contributed by atoms with van der Waals surface area (Å²) in [5.41, 5.74) is 0. The lowest BCUT2D eigenvalue weighted by Gasteiger charge is -2.07. The Kier molecular flexibility index (Phi) is 4.07. The second-order valence-corrected chi connectivity index (χ2v) is 4.01. The monoisotopic (exact) mass is 242 g/mol. The molecule has 0 unspecified atom stereocenters. The van der Waals surface area contributed by atoms with Crippen molar-refractivity contribution in [1.29, 1.82) is 0 Å². The summed E-state index contributed by atoms with van der Waals surface area (Å²) in [5.74, 6) is 0.275. The minimum atomic E-state index is -0.298. The van der Waals surface area contributed by atoms with Crippen molar-refractivity contribution in [2.24, 2.45) is 0 Å². The molecule has 0 heterocycles. The van der Waals surface area contributed by atoms with Gasteiger partial charge in [-0.25, -0.2) is 0 Å². The first kappa shape index (κ1) is 12.3. The third-order valence-corrected chi connectivity index (χ3v) is 2.68. The number of unbranched alkanes of at least 4 members (excludes halogenated alkanes) is 1. The zero-order chi connectivity index (χ0) is 12.8. The molecule has 0 spiro atoms. The lowest BCUT2D eigenvalue weighted by atomic mass is 10.1. The molecule has 2 rings (SSSR count). The Morgan fingerprint density at radius 1 is 1.11 bits per heavy atom. The summed E-state index contributed by atoms with van der Waals surface area (Å²) in [6.45, 7) is 0. The molecule has 3 nitrogen and oxygen atoms in total. The van der Waals surface area contributed by atoms with Crippen LogP contribution in [0.25, 0.3) is 10.8 Å². The third-order valence-electron chi connectivity index (χ3n) is 2.68. The van der Waals surface area contributed by atoms with E-state index in [1.807, 2.05) is 36.4 Å². The van der Waals surface area contributed by atoms with E-state index in [-0.39, 0.29) is 12.4 Å². The Morgan fingerprint density at radius 3 is 2.72 bits per heavy atom. The van der Waals surface area contributed by atoms with Crippen LogP contribution < -0.4 is 4.74 Å². The molecule has 2 aromatic carbocycles. The third kappa shape index (κ3) is 2.94. The van der Waals surface area contributed by atoms with Crippen LogP contribution in [0.2, 0.25) is 0 Å². The fourth-order valence-electron chi connectivity index (χ4n) is 1.79. The predicted octanol–water partition coefficient (Wildman–Crippen LogP) is 3.11. The van der Waals surface area contributed by atoms with Crippen molar-refractivity contribution in [3.63, 3.8) is 0 Å². The van der Waals surface area contributed by atoms with E-state index >= 15 is 0 Å². The molecule has 0 aromatic heterocycles. The van der Waals surface area contributed by atoms with Crippen LogP contribution in [-0.4, -0.2) is 12.3 Å². The van der Waals surface area contributed by atoms with Gasteiger partial charge in [0.2, 0.25) is 0 Å². The zero-order valence-electron chi connectivity index (χ0n) is 9.96. The van der Waals surface area contributed by atoms with Gasteiger partial charge in [0.25, 0.3) is 0 Å². The molecule has 0 atom stereocenters. The van der Waals surface area contributed by atoms with Crippen molar-refractivity contribution in [2.75, 3.05) is 0 Å². The predicted molar refractivity (Wildman–Crippen MR) is 69.5 cm³/mol. The van der Waals surface area contributed by atoms with Crippen LogP contribution in [0.4, 0.5) is 0 Å². The highest BCUT2D eigenvalue weighted by atomic mass is 16.5. The number of benzene rings is 2. The van der Waals surface area contributed by atoms with Crippen LogP contribution in [0.3, 0.4) is 0 Å². The quantitative estimate of drug-likeness (QED) is 0.350. The van der Waals surface area contributed by atoms with E-state index in [1.54, 1.807) is 6.07 Å². The lowest BCUT2D eigenvalue weighted by Crippen LogP contribution is -2.07. The summed E-state index contributed by atoms with van der Waals surface area (Å²) < 4.78 is 5.32. The molecule has 0 saturated carbocycles. The average Bonchev–Trinajstić information content (AvgIpc) is 2.39. The number of carbonyl (C=O) groups is 2. The molecule has 0 N–H and O–H groups in total. The largest absolute Gasteiger partial charge is 0.426 e. The Hall–Kier alpha value is -2.16. The minimum Gasteiger partial charge on any atom is -0.426 e. The summed E-state index contributed by atoms with van der Waals surface area (Å²) in [6.07, 6.45) is 2.00. The molecule has 0 aliphatic heterocycles. The van der Waals surface area contributed by atoms with Crippen LogP contribution in [0.1, 0.15) is 19.3 Å². The smallest absolute Gasteiger partial charge is 0.311 e. The van der Waals surface area contributed by atoms with Crippen molar-refractivity contribution >= 4 is 23.0 Å². The molecule has 0 aliphatic rings. The molecular weight excluding hydrogens is 228 g/mol. The van der Waals surface area contributed by atoms with Gasteiger partial charge in [0, 0.05) is 18.2 Å². The first-order valence-electron chi connectivity index (χ1n) is 5.93. The van der Waals surface area contributed by atoms with Crippen molar-refractivity contribution in [1.82, 2.24) is 0 Å². The van der Waals surface area contributed by atoms with Gasteiger partial charge in [0.15, 0.2) is 0 Å². The van der Waals surface area contributed by atoms with E-state index < -0.39 is 0 Å². The van der Waals surface area contributed by atoms with Crippen molar-refractivity contribution in [3.05, 3.63) is 42.5 Å². The lowest BCUT2D eigenvalue weighted by molar-refractivity contribution is -0.134. The van der Waals surface area contributed by atoms with E-state index in [0.29, 0.717) is 18.6 Å². The van der Waals surface area contributed by atoms with E-state index in [0.717, 1.165) is 17.1 Å². The molecule has 0 saturated heterocycles. The van der Waals surface area contributed by atoms with Crippen molar-refractivity contribution in [2.45, 2.75) is 19.3 Å². The summed E-state index contributed by atoms with van der Waals surface area (Å²) in [4.78, 5) is 21.8. The highest BCUT2D eigenvalue weighted by Gasteiger charge is 2.07. The van der Waals surface area contributed by atoms with Gasteiger partial charge in [0.1, 0.15) is 12.0 Å². The highest BCUT2D eigenvalue weighted by molar-refractivity contribution is 5.90. The van der Waals surface area contributed by atoms with Crippen LogP contribution in [0.15, 0.2) is 42.5 Å². The van der Waals surface area contributed by atoms with Crippen LogP contribution in [0.5, 0.6) is 5.75 Å². The van der Waals surface area contributed by atoms with E-state index in [1.165, 1.54) is 0 Å². The molecule has 0 fully saturated rings. The maximum absolute atomic E-state index is 11.6. The second kappa shape index (κ2) is 5.96. The Bertz CT molecular complexity index is 555. The molecule has 0 amide bonds. The average molecular weight is 242 g/mol. The first-order valence-corrected chi connectivity index (χ1v) is 5.93. The summed E-state index contributed by atoms with van der Waals surface area (Å²) in [5, 5.41) is 1.96. The van der Waals surface area contributed by atoms with E-state index in [4.69, 9.17) is 4.74 Å². The summed E-state index contributed by atoms with van der Waals surface area (Å²) in [7, 11) is 0. The number of ether oxygens (including phenoxy) is 1. The van der Waals surface area contributed by atoms with E-state index in [2.05, 4.69) is 0 Å². The number of aldehydes is 1. The molecular formula is C15H14O3. The highest BCUT2D eigenvalue weighted by Crippen LogP contribution is 2.25. The Morgan fingerprint density at radius 2 is 1.89 bits per heavy atom. The van der Waals surface area contributed by atoms with E-state index in [9.17, 15) is 9.59 Å². The first-order chi connectivity index (χ1) is 8.81. The molecule has 0 aliphatic carbocycles. The van der Waals surface area contributed by atoms with Crippen molar-refractivity contribution in [3.8, 4) is 5.75 Å². The number of rotatable bonds is 5. The van der Waals surface area contributed by atoms with Gasteiger partial charge in [-0.3, -0.25) is 4.79 Å².